The minimum atomic E-state index is 1.29. The van der Waals surface area contributed by atoms with Crippen LogP contribution in [0.15, 0.2) is 6.20 Å². The number of aromatic nitrogens is 1. The first-order chi connectivity index (χ1) is 6.84. The Kier molecular flexibility index (Phi) is 5.94. The largest absolute Gasteiger partial charge is 0.344 e. The molecule has 2 heteroatoms. The van der Waals surface area contributed by atoms with Gasteiger partial charge in [-0.05, 0) is 25.3 Å². The van der Waals surface area contributed by atoms with Crippen molar-refractivity contribution in [2.24, 2.45) is 0 Å². The van der Waals surface area contributed by atoms with Crippen molar-refractivity contribution in [3.05, 3.63) is 17.1 Å². The molecule has 0 aliphatic rings. The molecule has 14 heavy (non-hydrogen) atoms. The number of hydrogen-bond donors (Lipinski definition) is 1. The van der Waals surface area contributed by atoms with E-state index in [1.165, 1.54) is 58.9 Å². The molecule has 0 aromatic carbocycles. The summed E-state index contributed by atoms with van der Waals surface area (Å²) in [6, 6.07) is 0. The van der Waals surface area contributed by atoms with Crippen LogP contribution in [-0.4, -0.2) is 4.75 Å². The maximum absolute atomic E-state index is 3.26. The Morgan fingerprint density at radius 2 is 1.86 bits per heavy atom. The summed E-state index contributed by atoms with van der Waals surface area (Å²) in [5.41, 5.74) is 1.46. The molecule has 0 saturated heterocycles. The minimum Gasteiger partial charge on any atom is -0.344 e. The standard InChI is InChI=1S/C12H22NP/c1-3-4-5-6-7-8-9-12-11(2)10-13-14-12/h10,13H,3-9H2,1-2H3. The number of hydrogen-bond acceptors (Lipinski definition) is 0. The second-order valence-corrected chi connectivity index (χ2v) is 5.05. The number of aryl methyl sites for hydroxylation is 2. The zero-order chi connectivity index (χ0) is 10.2. The van der Waals surface area contributed by atoms with Crippen molar-refractivity contribution in [2.75, 3.05) is 0 Å². The number of aromatic amines is 1. The van der Waals surface area contributed by atoms with Gasteiger partial charge >= 0.3 is 0 Å². The van der Waals surface area contributed by atoms with E-state index < -0.39 is 0 Å². The van der Waals surface area contributed by atoms with Gasteiger partial charge in [-0.2, -0.15) is 0 Å². The molecule has 1 N–H and O–H groups in total. The molecule has 0 atom stereocenters. The monoisotopic (exact) mass is 211 g/mol. The fourth-order valence-corrected chi connectivity index (χ4v) is 2.63. The Labute approximate surface area is 89.5 Å². The predicted octanol–water partition coefficient (Wildman–Crippen LogP) is 4.81. The van der Waals surface area contributed by atoms with Crippen molar-refractivity contribution < 1.29 is 0 Å². The molecule has 0 amide bonds. The fraction of sp³-hybridized carbons (Fsp3) is 0.750. The second-order valence-electron chi connectivity index (χ2n) is 4.03. The fourth-order valence-electron chi connectivity index (χ4n) is 1.70. The lowest BCUT2D eigenvalue weighted by atomic mass is 10.1. The van der Waals surface area contributed by atoms with Gasteiger partial charge in [0.2, 0.25) is 0 Å². The summed E-state index contributed by atoms with van der Waals surface area (Å²) in [6.07, 6.45) is 11.8. The molecule has 0 radical (unpaired) electrons. The summed E-state index contributed by atoms with van der Waals surface area (Å²) in [7, 11) is 1.33. The SMILES string of the molecule is CCCCCCCCc1p[nH]cc1C. The summed E-state index contributed by atoms with van der Waals surface area (Å²) in [4.78, 5) is 0. The molecular formula is C12H22NP. The third-order valence-electron chi connectivity index (χ3n) is 2.70. The summed E-state index contributed by atoms with van der Waals surface area (Å²) >= 11 is 0. The molecular weight excluding hydrogens is 189 g/mol. The highest BCUT2D eigenvalue weighted by molar-refractivity contribution is 7.26. The molecule has 0 aliphatic heterocycles. The lowest BCUT2D eigenvalue weighted by Crippen LogP contribution is -1.84. The number of rotatable bonds is 7. The van der Waals surface area contributed by atoms with Crippen LogP contribution >= 0.6 is 8.35 Å². The van der Waals surface area contributed by atoms with Gasteiger partial charge in [-0.15, -0.1) is 0 Å². The lowest BCUT2D eigenvalue weighted by molar-refractivity contribution is 0.609. The summed E-state index contributed by atoms with van der Waals surface area (Å²) in [5, 5.41) is 1.60. The van der Waals surface area contributed by atoms with E-state index in [0.717, 1.165) is 0 Å². The molecule has 80 valence electrons. The zero-order valence-electron chi connectivity index (χ0n) is 9.47. The first kappa shape index (κ1) is 11.8. The van der Waals surface area contributed by atoms with Crippen molar-refractivity contribution in [1.29, 1.82) is 0 Å². The highest BCUT2D eigenvalue weighted by Crippen LogP contribution is 2.20. The van der Waals surface area contributed by atoms with E-state index in [-0.39, 0.29) is 0 Å². The van der Waals surface area contributed by atoms with Crippen molar-refractivity contribution in [3.8, 4) is 0 Å². The van der Waals surface area contributed by atoms with Gasteiger partial charge in [0.15, 0.2) is 0 Å². The normalized spacial score (nSPS) is 11.3. The van der Waals surface area contributed by atoms with Crippen LogP contribution in [0.25, 0.3) is 0 Å². The smallest absolute Gasteiger partial charge is 0.0141 e. The van der Waals surface area contributed by atoms with E-state index in [1.54, 1.807) is 5.30 Å². The van der Waals surface area contributed by atoms with E-state index >= 15 is 0 Å². The van der Waals surface area contributed by atoms with Crippen LogP contribution in [0.5, 0.6) is 0 Å². The number of nitrogens with one attached hydrogen (secondary N) is 1. The molecule has 0 bridgehead atoms. The van der Waals surface area contributed by atoms with Crippen molar-refractivity contribution in [2.45, 2.75) is 58.8 Å². The highest BCUT2D eigenvalue weighted by atomic mass is 31.0. The van der Waals surface area contributed by atoms with Crippen LogP contribution in [-0.2, 0) is 6.42 Å². The predicted molar refractivity (Wildman–Crippen MR) is 65.1 cm³/mol. The maximum Gasteiger partial charge on any atom is 0.0141 e. The molecule has 1 rings (SSSR count). The average molecular weight is 211 g/mol. The Morgan fingerprint density at radius 1 is 1.14 bits per heavy atom. The quantitative estimate of drug-likeness (QED) is 0.623. The van der Waals surface area contributed by atoms with E-state index in [0.29, 0.717) is 0 Å². The van der Waals surface area contributed by atoms with Crippen LogP contribution in [0.4, 0.5) is 0 Å². The molecule has 1 heterocycles. The van der Waals surface area contributed by atoms with E-state index in [2.05, 4.69) is 24.8 Å². The van der Waals surface area contributed by atoms with Gasteiger partial charge in [-0.1, -0.05) is 39.0 Å². The van der Waals surface area contributed by atoms with Crippen molar-refractivity contribution in [1.82, 2.24) is 4.75 Å². The molecule has 0 unspecified atom stereocenters. The van der Waals surface area contributed by atoms with Gasteiger partial charge < -0.3 is 4.75 Å². The Morgan fingerprint density at radius 3 is 2.50 bits per heavy atom. The minimum absolute atomic E-state index is 1.29. The molecule has 0 spiro atoms. The topological polar surface area (TPSA) is 15.8 Å². The number of H-pyrrole nitrogens is 1. The summed E-state index contributed by atoms with van der Waals surface area (Å²) < 4.78 is 3.26. The summed E-state index contributed by atoms with van der Waals surface area (Å²) in [5.74, 6) is 0. The van der Waals surface area contributed by atoms with E-state index in [9.17, 15) is 0 Å². The Hall–Kier alpha value is -0.290. The molecule has 1 nitrogen and oxygen atoms in total. The van der Waals surface area contributed by atoms with Gasteiger partial charge in [-0.3, -0.25) is 0 Å². The van der Waals surface area contributed by atoms with Crippen molar-refractivity contribution in [3.63, 3.8) is 0 Å². The molecule has 0 saturated carbocycles. The average Bonchev–Trinajstić information content (AvgIpc) is 2.58. The van der Waals surface area contributed by atoms with Crippen LogP contribution in [0, 0.1) is 6.92 Å². The Bertz CT molecular complexity index is 242. The first-order valence-electron chi connectivity index (χ1n) is 5.84. The van der Waals surface area contributed by atoms with Crippen molar-refractivity contribution >= 4 is 8.35 Å². The lowest BCUT2D eigenvalue weighted by Gasteiger charge is -2.00. The summed E-state index contributed by atoms with van der Waals surface area (Å²) in [6.45, 7) is 4.48. The molecule has 1 aromatic rings. The third kappa shape index (κ3) is 4.28. The number of unbranched alkanes of at least 4 members (excludes halogenated alkanes) is 5. The maximum atomic E-state index is 3.26. The van der Waals surface area contributed by atoms with Gasteiger partial charge in [-0.25, -0.2) is 0 Å². The molecule has 0 aliphatic carbocycles. The zero-order valence-corrected chi connectivity index (χ0v) is 10.4. The molecule has 1 aromatic heterocycles. The van der Waals surface area contributed by atoms with Crippen LogP contribution < -0.4 is 0 Å². The van der Waals surface area contributed by atoms with E-state index in [1.807, 2.05) is 0 Å². The van der Waals surface area contributed by atoms with Gasteiger partial charge in [0, 0.05) is 19.8 Å². The van der Waals surface area contributed by atoms with Gasteiger partial charge in [0.25, 0.3) is 0 Å². The highest BCUT2D eigenvalue weighted by Gasteiger charge is 1.98. The third-order valence-corrected chi connectivity index (χ3v) is 3.81. The van der Waals surface area contributed by atoms with Gasteiger partial charge in [0.05, 0.1) is 0 Å². The van der Waals surface area contributed by atoms with Crippen LogP contribution in [0.1, 0.15) is 56.3 Å². The van der Waals surface area contributed by atoms with E-state index in [4.69, 9.17) is 0 Å². The Balaban J connectivity index is 2.02. The second kappa shape index (κ2) is 7.06. The van der Waals surface area contributed by atoms with Crippen LogP contribution in [0.2, 0.25) is 0 Å². The van der Waals surface area contributed by atoms with Crippen LogP contribution in [0.3, 0.4) is 0 Å². The first-order valence-corrected chi connectivity index (χ1v) is 6.73. The molecule has 0 fully saturated rings. The van der Waals surface area contributed by atoms with Gasteiger partial charge in [0.1, 0.15) is 0 Å².